The van der Waals surface area contributed by atoms with Crippen molar-refractivity contribution >= 4 is 34.1 Å². The Bertz CT molecular complexity index is 1100. The monoisotopic (exact) mass is 475 g/mol. The van der Waals surface area contributed by atoms with Crippen molar-refractivity contribution < 1.29 is 18.4 Å². The summed E-state index contributed by atoms with van der Waals surface area (Å²) in [6.07, 6.45) is 3.77. The number of amides is 1. The van der Waals surface area contributed by atoms with E-state index in [0.717, 1.165) is 34.0 Å². The summed E-state index contributed by atoms with van der Waals surface area (Å²) in [7, 11) is 0. The van der Waals surface area contributed by atoms with Crippen LogP contribution >= 0.6 is 23.1 Å². The number of H-pyrrole nitrogens is 1. The lowest BCUT2D eigenvalue weighted by Gasteiger charge is -2.21. The second-order valence-corrected chi connectivity index (χ2v) is 9.25. The van der Waals surface area contributed by atoms with Crippen LogP contribution in [0.25, 0.3) is 10.7 Å². The van der Waals surface area contributed by atoms with E-state index in [0.29, 0.717) is 24.5 Å². The Labute approximate surface area is 190 Å². The molecule has 1 fully saturated rings. The Morgan fingerprint density at radius 2 is 2.06 bits per heavy atom. The SMILES string of the molecule is O=C1SCC(/C=C/C(=O)C(F)(F)c2ccccc2)N1CCCc1ccc(-c2nn[nH]n2)s1. The summed E-state index contributed by atoms with van der Waals surface area (Å²) in [4.78, 5) is 28.0. The number of hydrogen-bond acceptors (Lipinski definition) is 7. The number of nitrogens with zero attached hydrogens (tertiary/aromatic N) is 4. The molecule has 3 heterocycles. The lowest BCUT2D eigenvalue weighted by Crippen LogP contribution is -2.33. The number of tetrazole rings is 1. The van der Waals surface area contributed by atoms with E-state index in [-0.39, 0.29) is 16.8 Å². The fourth-order valence-electron chi connectivity index (χ4n) is 3.30. The molecule has 2 aromatic heterocycles. The quantitative estimate of drug-likeness (QED) is 0.464. The number of aromatic amines is 1. The van der Waals surface area contributed by atoms with Crippen LogP contribution < -0.4 is 0 Å². The van der Waals surface area contributed by atoms with E-state index >= 15 is 0 Å². The van der Waals surface area contributed by atoms with Gasteiger partial charge < -0.3 is 4.90 Å². The van der Waals surface area contributed by atoms with Crippen LogP contribution in [0, 0.1) is 0 Å². The second-order valence-electron chi connectivity index (χ2n) is 7.11. The maximum atomic E-state index is 14.4. The number of ketones is 1. The molecule has 1 saturated heterocycles. The highest BCUT2D eigenvalue weighted by Gasteiger charge is 2.39. The zero-order chi connectivity index (χ0) is 22.6. The molecular formula is C21H19F2N5O2S2. The highest BCUT2D eigenvalue weighted by atomic mass is 32.2. The van der Waals surface area contributed by atoms with E-state index in [4.69, 9.17) is 0 Å². The molecule has 0 spiro atoms. The van der Waals surface area contributed by atoms with Crippen molar-refractivity contribution in [3.05, 3.63) is 65.1 Å². The minimum atomic E-state index is -3.60. The molecule has 1 unspecified atom stereocenters. The van der Waals surface area contributed by atoms with Crippen LogP contribution in [-0.4, -0.2) is 54.9 Å². The third kappa shape index (κ3) is 4.94. The van der Waals surface area contributed by atoms with Crippen molar-refractivity contribution in [3.63, 3.8) is 0 Å². The van der Waals surface area contributed by atoms with Crippen LogP contribution in [0.2, 0.25) is 0 Å². The average molecular weight is 476 g/mol. The van der Waals surface area contributed by atoms with Crippen molar-refractivity contribution in [1.82, 2.24) is 25.5 Å². The average Bonchev–Trinajstić information content (AvgIpc) is 3.55. The molecule has 4 rings (SSSR count). The molecule has 1 N–H and O–H groups in total. The normalized spacial score (nSPS) is 16.9. The van der Waals surface area contributed by atoms with Gasteiger partial charge in [0.15, 0.2) is 0 Å². The van der Waals surface area contributed by atoms with Gasteiger partial charge in [0.25, 0.3) is 5.24 Å². The topological polar surface area (TPSA) is 91.8 Å². The van der Waals surface area contributed by atoms with Gasteiger partial charge in [-0.15, -0.1) is 21.5 Å². The maximum Gasteiger partial charge on any atom is 0.334 e. The van der Waals surface area contributed by atoms with E-state index in [1.165, 1.54) is 30.3 Å². The van der Waals surface area contributed by atoms with E-state index in [9.17, 15) is 18.4 Å². The van der Waals surface area contributed by atoms with Gasteiger partial charge in [-0.3, -0.25) is 9.59 Å². The molecule has 166 valence electrons. The molecule has 32 heavy (non-hydrogen) atoms. The van der Waals surface area contributed by atoms with E-state index in [1.54, 1.807) is 22.3 Å². The highest BCUT2D eigenvalue weighted by molar-refractivity contribution is 8.13. The smallest absolute Gasteiger partial charge is 0.326 e. The largest absolute Gasteiger partial charge is 0.334 e. The van der Waals surface area contributed by atoms with Crippen LogP contribution in [-0.2, 0) is 17.1 Å². The fourth-order valence-corrected chi connectivity index (χ4v) is 5.27. The number of carbonyl (C=O) groups excluding carboxylic acids is 2. The third-order valence-corrected chi connectivity index (χ3v) is 7.11. The van der Waals surface area contributed by atoms with Gasteiger partial charge in [0.05, 0.1) is 10.9 Å². The number of aryl methyl sites for hydroxylation is 1. The zero-order valence-electron chi connectivity index (χ0n) is 16.8. The van der Waals surface area contributed by atoms with Crippen molar-refractivity contribution in [1.29, 1.82) is 0 Å². The number of thiophene rings is 1. The lowest BCUT2D eigenvalue weighted by molar-refractivity contribution is -0.138. The molecule has 0 aliphatic carbocycles. The number of rotatable bonds is 9. The van der Waals surface area contributed by atoms with Gasteiger partial charge in [-0.25, -0.2) is 0 Å². The van der Waals surface area contributed by atoms with Gasteiger partial charge in [0.1, 0.15) is 0 Å². The van der Waals surface area contributed by atoms with Crippen LogP contribution in [0.3, 0.4) is 0 Å². The first kappa shape index (κ1) is 22.3. The number of hydrogen-bond donors (Lipinski definition) is 1. The molecule has 0 radical (unpaired) electrons. The summed E-state index contributed by atoms with van der Waals surface area (Å²) in [5, 5.41) is 13.8. The highest BCUT2D eigenvalue weighted by Crippen LogP contribution is 2.31. The summed E-state index contributed by atoms with van der Waals surface area (Å²) in [5.74, 6) is -3.93. The molecule has 0 saturated carbocycles. The fraction of sp³-hybridized carbons (Fsp3) is 0.286. The Hall–Kier alpha value is -2.92. The molecule has 1 aliphatic heterocycles. The second kappa shape index (κ2) is 9.70. The summed E-state index contributed by atoms with van der Waals surface area (Å²) >= 11 is 2.68. The third-order valence-electron chi connectivity index (χ3n) is 4.98. The molecule has 0 bridgehead atoms. The van der Waals surface area contributed by atoms with Crippen LogP contribution in [0.4, 0.5) is 13.6 Å². The zero-order valence-corrected chi connectivity index (χ0v) is 18.4. The molecule has 1 aromatic carbocycles. The Morgan fingerprint density at radius 1 is 1.25 bits per heavy atom. The first-order chi connectivity index (χ1) is 15.4. The molecular weight excluding hydrogens is 456 g/mol. The minimum absolute atomic E-state index is 0.111. The van der Waals surface area contributed by atoms with Gasteiger partial charge in [0.2, 0.25) is 11.6 Å². The molecule has 3 aromatic rings. The first-order valence-electron chi connectivity index (χ1n) is 9.87. The number of aromatic nitrogens is 4. The predicted molar refractivity (Wildman–Crippen MR) is 119 cm³/mol. The van der Waals surface area contributed by atoms with Gasteiger partial charge >= 0.3 is 5.92 Å². The molecule has 1 atom stereocenters. The Balaban J connectivity index is 1.34. The molecule has 1 amide bonds. The number of thioether (sulfide) groups is 1. The summed E-state index contributed by atoms with van der Waals surface area (Å²) in [5.41, 5.74) is -0.348. The van der Waals surface area contributed by atoms with Gasteiger partial charge in [-0.1, -0.05) is 48.2 Å². The number of halogens is 2. The molecule has 7 nitrogen and oxygen atoms in total. The minimum Gasteiger partial charge on any atom is -0.326 e. The van der Waals surface area contributed by atoms with Gasteiger partial charge in [-0.05, 0) is 36.3 Å². The van der Waals surface area contributed by atoms with E-state index in [2.05, 4.69) is 20.6 Å². The lowest BCUT2D eigenvalue weighted by atomic mass is 10.0. The number of carbonyl (C=O) groups is 2. The first-order valence-corrected chi connectivity index (χ1v) is 11.7. The van der Waals surface area contributed by atoms with E-state index in [1.807, 2.05) is 12.1 Å². The Kier molecular flexibility index (Phi) is 6.75. The van der Waals surface area contributed by atoms with Crippen LogP contribution in [0.15, 0.2) is 54.6 Å². The number of nitrogens with one attached hydrogen (secondary N) is 1. The molecule has 1 aliphatic rings. The number of allylic oxidation sites excluding steroid dienone is 1. The molecule has 11 heteroatoms. The van der Waals surface area contributed by atoms with Crippen molar-refractivity contribution in [2.45, 2.75) is 24.8 Å². The van der Waals surface area contributed by atoms with Crippen molar-refractivity contribution in [3.8, 4) is 10.7 Å². The van der Waals surface area contributed by atoms with Gasteiger partial charge in [0, 0.05) is 22.7 Å². The van der Waals surface area contributed by atoms with Crippen molar-refractivity contribution in [2.75, 3.05) is 12.3 Å². The Morgan fingerprint density at radius 3 is 2.81 bits per heavy atom. The maximum absolute atomic E-state index is 14.4. The van der Waals surface area contributed by atoms with Crippen molar-refractivity contribution in [2.24, 2.45) is 0 Å². The van der Waals surface area contributed by atoms with Crippen LogP contribution in [0.1, 0.15) is 16.9 Å². The predicted octanol–water partition coefficient (Wildman–Crippen LogP) is 4.32. The standard InChI is InChI=1S/C21H19F2N5O2S2/c22-21(23,14-5-2-1-3-6-14)18(29)11-8-15-13-31-20(30)28(15)12-4-7-16-9-10-17(32-16)19-24-26-27-25-19/h1-3,5-6,8-11,15H,4,7,12-13H2,(H,24,25,26,27)/b11-8+. The summed E-state index contributed by atoms with van der Waals surface area (Å²) in [6, 6.07) is 10.5. The summed E-state index contributed by atoms with van der Waals surface area (Å²) in [6.45, 7) is 0.472. The van der Waals surface area contributed by atoms with Crippen LogP contribution in [0.5, 0.6) is 0 Å². The van der Waals surface area contributed by atoms with E-state index < -0.39 is 11.7 Å². The number of benzene rings is 1. The number of alkyl halides is 2. The summed E-state index contributed by atoms with van der Waals surface area (Å²) < 4.78 is 28.8. The van der Waals surface area contributed by atoms with Gasteiger partial charge in [-0.2, -0.15) is 14.0 Å².